The SMILES string of the molecule is C[C@@H](CC(F)(F)F)NC(=O)O[C@H]1CC[C@@H](c2cnc(NC3CCN(S(=O)(=O)c4cn(C)cn4)CC3)nc2)CC1. The Morgan fingerprint density at radius 1 is 1.10 bits per heavy atom. The van der Waals surface area contributed by atoms with Gasteiger partial charge in [-0.3, -0.25) is 0 Å². The molecule has 0 radical (unpaired) electrons. The van der Waals surface area contributed by atoms with Crippen LogP contribution in [0.1, 0.15) is 63.4 Å². The summed E-state index contributed by atoms with van der Waals surface area (Å²) in [6.45, 7) is 2.04. The molecule has 1 atom stereocenters. The molecule has 0 aromatic carbocycles. The first-order chi connectivity index (χ1) is 18.4. The summed E-state index contributed by atoms with van der Waals surface area (Å²) in [5, 5.41) is 5.58. The number of alkyl carbamates (subject to hydrolysis) is 1. The van der Waals surface area contributed by atoms with Crippen LogP contribution in [0, 0.1) is 0 Å². The highest BCUT2D eigenvalue weighted by atomic mass is 32.2. The minimum atomic E-state index is -4.35. The fourth-order valence-corrected chi connectivity index (χ4v) is 6.44. The van der Waals surface area contributed by atoms with Crippen LogP contribution in [0.2, 0.25) is 0 Å². The monoisotopic (exact) mass is 573 g/mol. The molecular formula is C24H34F3N7O4S. The van der Waals surface area contributed by atoms with E-state index in [1.807, 2.05) is 0 Å². The molecule has 2 aliphatic rings. The maximum absolute atomic E-state index is 12.8. The molecule has 1 aliphatic heterocycles. The summed E-state index contributed by atoms with van der Waals surface area (Å²) in [7, 11) is -1.88. The van der Waals surface area contributed by atoms with Crippen LogP contribution in [0.15, 0.2) is 29.9 Å². The molecular weight excluding hydrogens is 539 g/mol. The van der Waals surface area contributed by atoms with Crippen molar-refractivity contribution in [2.75, 3.05) is 18.4 Å². The number of anilines is 1. The Bertz CT molecular complexity index is 1210. The molecule has 0 unspecified atom stereocenters. The molecule has 4 rings (SSSR count). The summed E-state index contributed by atoms with van der Waals surface area (Å²) in [6, 6.07) is -1.01. The lowest BCUT2D eigenvalue weighted by molar-refractivity contribution is -0.138. The van der Waals surface area contributed by atoms with E-state index in [0.29, 0.717) is 44.7 Å². The van der Waals surface area contributed by atoms with Crippen LogP contribution in [0.25, 0.3) is 0 Å². The topological polar surface area (TPSA) is 131 Å². The Hall–Kier alpha value is -2.94. The molecule has 2 fully saturated rings. The first-order valence-electron chi connectivity index (χ1n) is 13.0. The summed E-state index contributed by atoms with van der Waals surface area (Å²) in [6.07, 6.45) is 3.81. The predicted molar refractivity (Wildman–Crippen MR) is 135 cm³/mol. The van der Waals surface area contributed by atoms with Gasteiger partial charge in [-0.1, -0.05) is 0 Å². The molecule has 3 heterocycles. The van der Waals surface area contributed by atoms with Crippen molar-refractivity contribution >= 4 is 22.1 Å². The third kappa shape index (κ3) is 8.03. The van der Waals surface area contributed by atoms with E-state index >= 15 is 0 Å². The highest BCUT2D eigenvalue weighted by molar-refractivity contribution is 7.89. The summed E-state index contributed by atoms with van der Waals surface area (Å²) in [4.78, 5) is 24.8. The molecule has 216 valence electrons. The van der Waals surface area contributed by atoms with Gasteiger partial charge in [-0.05, 0) is 56.9 Å². The average Bonchev–Trinajstić information content (AvgIpc) is 3.31. The number of alkyl halides is 3. The molecule has 2 N–H and O–H groups in total. The van der Waals surface area contributed by atoms with Gasteiger partial charge in [0, 0.05) is 50.8 Å². The zero-order valence-electron chi connectivity index (χ0n) is 21.9. The number of hydrogen-bond donors (Lipinski definition) is 2. The summed E-state index contributed by atoms with van der Waals surface area (Å²) in [5.41, 5.74) is 0.971. The summed E-state index contributed by atoms with van der Waals surface area (Å²) in [5.74, 6) is 0.678. The fourth-order valence-electron chi connectivity index (χ4n) is 5.00. The van der Waals surface area contributed by atoms with Gasteiger partial charge >= 0.3 is 12.3 Å². The molecule has 1 aliphatic carbocycles. The van der Waals surface area contributed by atoms with E-state index in [4.69, 9.17) is 4.74 Å². The number of rotatable bonds is 8. The smallest absolute Gasteiger partial charge is 0.407 e. The molecule has 2 aromatic heterocycles. The van der Waals surface area contributed by atoms with E-state index in [-0.39, 0.29) is 23.1 Å². The zero-order chi connectivity index (χ0) is 28.2. The van der Waals surface area contributed by atoms with Crippen molar-refractivity contribution in [2.24, 2.45) is 7.05 Å². The molecule has 11 nitrogen and oxygen atoms in total. The Morgan fingerprint density at radius 2 is 1.74 bits per heavy atom. The van der Waals surface area contributed by atoms with E-state index in [2.05, 4.69) is 25.6 Å². The van der Waals surface area contributed by atoms with Gasteiger partial charge < -0.3 is 19.9 Å². The molecule has 39 heavy (non-hydrogen) atoms. The molecule has 15 heteroatoms. The van der Waals surface area contributed by atoms with Crippen LogP contribution in [-0.4, -0.2) is 75.8 Å². The number of aryl methyl sites for hydroxylation is 1. The van der Waals surface area contributed by atoms with Crippen molar-refractivity contribution in [3.63, 3.8) is 0 Å². The number of carbonyl (C=O) groups is 1. The van der Waals surface area contributed by atoms with Crippen molar-refractivity contribution in [1.29, 1.82) is 0 Å². The van der Waals surface area contributed by atoms with E-state index in [1.54, 1.807) is 24.0 Å². The van der Waals surface area contributed by atoms with Gasteiger partial charge in [-0.15, -0.1) is 0 Å². The predicted octanol–water partition coefficient (Wildman–Crippen LogP) is 3.57. The minimum absolute atomic E-state index is 0.0450. The number of ether oxygens (including phenoxy) is 1. The molecule has 1 saturated heterocycles. The first-order valence-corrected chi connectivity index (χ1v) is 14.4. The van der Waals surface area contributed by atoms with Crippen molar-refractivity contribution in [1.82, 2.24) is 29.1 Å². The van der Waals surface area contributed by atoms with E-state index < -0.39 is 34.8 Å². The van der Waals surface area contributed by atoms with Gasteiger partial charge in [0.05, 0.1) is 12.7 Å². The third-order valence-corrected chi connectivity index (χ3v) is 8.85. The van der Waals surface area contributed by atoms with Crippen LogP contribution in [0.4, 0.5) is 23.9 Å². The van der Waals surface area contributed by atoms with Gasteiger partial charge in [-0.25, -0.2) is 28.2 Å². The van der Waals surface area contributed by atoms with E-state index in [9.17, 15) is 26.4 Å². The van der Waals surface area contributed by atoms with Gasteiger partial charge in [0.2, 0.25) is 5.95 Å². The zero-order valence-corrected chi connectivity index (χ0v) is 22.7. The summed E-state index contributed by atoms with van der Waals surface area (Å²) >= 11 is 0. The van der Waals surface area contributed by atoms with Crippen LogP contribution < -0.4 is 10.6 Å². The molecule has 1 saturated carbocycles. The second-order valence-corrected chi connectivity index (χ2v) is 12.2. The van der Waals surface area contributed by atoms with Gasteiger partial charge in [0.15, 0.2) is 5.03 Å². The number of carbonyl (C=O) groups excluding carboxylic acids is 1. The highest BCUT2D eigenvalue weighted by Crippen LogP contribution is 2.34. The van der Waals surface area contributed by atoms with Crippen LogP contribution >= 0.6 is 0 Å². The number of halogens is 3. The third-order valence-electron chi connectivity index (χ3n) is 7.07. The van der Waals surface area contributed by atoms with E-state index in [1.165, 1.54) is 23.8 Å². The van der Waals surface area contributed by atoms with Gasteiger partial charge in [0.1, 0.15) is 6.10 Å². The van der Waals surface area contributed by atoms with Crippen molar-refractivity contribution in [3.8, 4) is 0 Å². The lowest BCUT2D eigenvalue weighted by atomic mass is 9.84. The minimum Gasteiger partial charge on any atom is -0.446 e. The standard InChI is InChI=1S/C24H34F3N7O4S/c1-16(11-24(25,26)27)31-23(35)38-20-5-3-17(4-6-20)18-12-28-22(29-13-18)32-19-7-9-34(10-8-19)39(36,37)21-14-33(2)15-30-21/h12-17,19-20H,3-11H2,1-2H3,(H,31,35)(H,28,29,32)/t16-,17-,20+/m0/s1. The molecule has 0 spiro atoms. The van der Waals surface area contributed by atoms with Crippen LogP contribution in [-0.2, 0) is 21.8 Å². The normalized spacial score (nSPS) is 22.3. The number of amides is 1. The fraction of sp³-hybridized carbons (Fsp3) is 0.667. The number of piperidine rings is 1. The number of nitrogens with zero attached hydrogens (tertiary/aromatic N) is 5. The van der Waals surface area contributed by atoms with Crippen molar-refractivity contribution < 1.29 is 31.1 Å². The van der Waals surface area contributed by atoms with Crippen molar-refractivity contribution in [3.05, 3.63) is 30.5 Å². The number of sulfonamides is 1. The number of aromatic nitrogens is 4. The quantitative estimate of drug-likeness (QED) is 0.490. The second-order valence-electron chi connectivity index (χ2n) is 10.3. The Kier molecular flexibility index (Phi) is 8.99. The highest BCUT2D eigenvalue weighted by Gasteiger charge is 2.33. The molecule has 2 aromatic rings. The average molecular weight is 574 g/mol. The first kappa shape index (κ1) is 29.1. The number of imidazole rings is 1. The molecule has 1 amide bonds. The number of nitrogens with one attached hydrogen (secondary N) is 2. The lowest BCUT2D eigenvalue weighted by Crippen LogP contribution is -2.42. The second kappa shape index (κ2) is 12.1. The summed E-state index contributed by atoms with van der Waals surface area (Å²) < 4.78 is 71.2. The Balaban J connectivity index is 1.19. The largest absolute Gasteiger partial charge is 0.446 e. The van der Waals surface area contributed by atoms with Crippen molar-refractivity contribution in [2.45, 2.75) is 87.2 Å². The lowest BCUT2D eigenvalue weighted by Gasteiger charge is -2.31. The van der Waals surface area contributed by atoms with E-state index in [0.717, 1.165) is 18.4 Å². The molecule has 0 bridgehead atoms. The van der Waals surface area contributed by atoms with Gasteiger partial charge in [0.25, 0.3) is 10.0 Å². The van der Waals surface area contributed by atoms with Gasteiger partial charge in [-0.2, -0.15) is 17.5 Å². The maximum Gasteiger partial charge on any atom is 0.407 e. The van der Waals surface area contributed by atoms with Crippen LogP contribution in [0.5, 0.6) is 0 Å². The maximum atomic E-state index is 12.8. The Labute approximate surface area is 225 Å². The van der Waals surface area contributed by atoms with Crippen LogP contribution in [0.3, 0.4) is 0 Å². The number of hydrogen-bond acceptors (Lipinski definition) is 8. The Morgan fingerprint density at radius 3 is 2.31 bits per heavy atom.